The second-order valence-corrected chi connectivity index (χ2v) is 10.4. The molecule has 3 aromatic rings. The number of hydrogen-bond donors (Lipinski definition) is 5. The Morgan fingerprint density at radius 1 is 1.08 bits per heavy atom. The van der Waals surface area contributed by atoms with Gasteiger partial charge in [-0.2, -0.15) is 0 Å². The van der Waals surface area contributed by atoms with Gasteiger partial charge in [0.1, 0.15) is 27.8 Å². The number of nitrogens with zero attached hydrogens (tertiary/aromatic N) is 1. The van der Waals surface area contributed by atoms with Crippen LogP contribution in [0.4, 0.5) is 0 Å². The van der Waals surface area contributed by atoms with Crippen molar-refractivity contribution in [1.82, 2.24) is 4.98 Å². The van der Waals surface area contributed by atoms with Crippen molar-refractivity contribution in [2.24, 2.45) is 17.6 Å². The van der Waals surface area contributed by atoms with Gasteiger partial charge in [-0.25, -0.2) is 4.98 Å². The summed E-state index contributed by atoms with van der Waals surface area (Å²) in [4.78, 5) is 43.4. The number of allylic oxidation sites excluding steroid dienone is 2. The van der Waals surface area contributed by atoms with Gasteiger partial charge in [0.05, 0.1) is 15.8 Å². The van der Waals surface area contributed by atoms with Crippen molar-refractivity contribution in [2.45, 2.75) is 24.4 Å². The highest BCUT2D eigenvalue weighted by molar-refractivity contribution is 7.18. The molecule has 10 heteroatoms. The number of carbonyl (C=O) groups is 3. The molecular weight excluding hydrogens is 484 g/mol. The van der Waals surface area contributed by atoms with Crippen LogP contribution in [0, 0.1) is 11.8 Å². The number of phenols is 1. The van der Waals surface area contributed by atoms with Crippen LogP contribution in [-0.4, -0.2) is 48.5 Å². The number of ketones is 2. The summed E-state index contributed by atoms with van der Waals surface area (Å²) in [6, 6.07) is 12.2. The molecule has 9 nitrogen and oxygen atoms in total. The molecule has 4 atom stereocenters. The Morgan fingerprint density at radius 3 is 2.56 bits per heavy atom. The van der Waals surface area contributed by atoms with Crippen molar-refractivity contribution in [3.63, 3.8) is 0 Å². The van der Waals surface area contributed by atoms with E-state index in [0.29, 0.717) is 10.6 Å². The summed E-state index contributed by atoms with van der Waals surface area (Å²) in [6.45, 7) is 0. The first-order valence-corrected chi connectivity index (χ1v) is 12.1. The Kier molecular flexibility index (Phi) is 4.67. The van der Waals surface area contributed by atoms with E-state index in [1.54, 1.807) is 12.1 Å². The van der Waals surface area contributed by atoms with Crippen LogP contribution < -0.4 is 5.73 Å². The second-order valence-electron chi connectivity index (χ2n) is 9.35. The fraction of sp³-hybridized carbons (Fsp3) is 0.231. The summed E-state index contributed by atoms with van der Waals surface area (Å²) >= 11 is 1.41. The lowest BCUT2D eigenvalue weighted by Crippen LogP contribution is -2.57. The van der Waals surface area contributed by atoms with Crippen molar-refractivity contribution in [3.8, 4) is 5.75 Å². The molecule has 0 bridgehead atoms. The molecule has 6 rings (SSSR count). The Labute approximate surface area is 207 Å². The Hall–Kier alpha value is -4.02. The number of hydrogen-bond acceptors (Lipinski definition) is 9. The van der Waals surface area contributed by atoms with Gasteiger partial charge in [-0.3, -0.25) is 14.4 Å². The number of aliphatic hydroxyl groups excluding tert-OH is 2. The lowest BCUT2D eigenvalue weighted by molar-refractivity contribution is -0.144. The number of fused-ring (bicyclic) bond motifs is 4. The molecule has 1 amide bonds. The van der Waals surface area contributed by atoms with Gasteiger partial charge in [0.15, 0.2) is 11.4 Å². The van der Waals surface area contributed by atoms with E-state index in [1.807, 2.05) is 24.3 Å². The fourth-order valence-corrected chi connectivity index (χ4v) is 7.08. The monoisotopic (exact) mass is 504 g/mol. The van der Waals surface area contributed by atoms with E-state index in [4.69, 9.17) is 10.7 Å². The number of Topliss-reactive ketones (excluding diaryl/α,β-unsaturated/α-hetero) is 2. The highest BCUT2D eigenvalue weighted by atomic mass is 32.1. The molecule has 6 N–H and O–H groups in total. The summed E-state index contributed by atoms with van der Waals surface area (Å²) in [5.74, 6) is -7.28. The van der Waals surface area contributed by atoms with Crippen molar-refractivity contribution < 1.29 is 34.8 Å². The number of aromatic hydroxyl groups is 1. The Morgan fingerprint density at radius 2 is 1.83 bits per heavy atom. The standard InChI is InChI=1S/C26H20N2O7S/c27-24(34)20-15(30)9-10-8-12-17(25-28-13-5-1-2-7-16(13)36-25)11-4-3-6-14(29)18(11)21(31)19(12)22(32)26(10,35)23(20)33/h1-7,10,12,17,29-30,32,35H,8-9H2,(H2,27,34)/t10?,12?,17-,26-/m0/s1. The summed E-state index contributed by atoms with van der Waals surface area (Å²) in [7, 11) is 0. The number of para-hydroxylation sites is 1. The minimum Gasteiger partial charge on any atom is -0.511 e. The van der Waals surface area contributed by atoms with E-state index < -0.39 is 57.9 Å². The topological polar surface area (TPSA) is 171 Å². The van der Waals surface area contributed by atoms with Crippen LogP contribution in [0.2, 0.25) is 0 Å². The van der Waals surface area contributed by atoms with Crippen molar-refractivity contribution >= 4 is 39.0 Å². The molecule has 0 saturated carbocycles. The zero-order valence-corrected chi connectivity index (χ0v) is 19.5. The molecule has 3 aliphatic carbocycles. The third-order valence-corrected chi connectivity index (χ3v) is 8.64. The molecule has 36 heavy (non-hydrogen) atoms. The number of thiazole rings is 1. The molecule has 2 aromatic carbocycles. The number of primary amides is 1. The van der Waals surface area contributed by atoms with E-state index >= 15 is 0 Å². The minimum absolute atomic E-state index is 0.0269. The van der Waals surface area contributed by atoms with E-state index in [-0.39, 0.29) is 29.7 Å². The van der Waals surface area contributed by atoms with Gasteiger partial charge in [0.2, 0.25) is 5.78 Å². The molecule has 0 aliphatic heterocycles. The van der Waals surface area contributed by atoms with Crippen molar-refractivity contribution in [1.29, 1.82) is 0 Å². The van der Waals surface area contributed by atoms with Gasteiger partial charge < -0.3 is 26.2 Å². The van der Waals surface area contributed by atoms with Gasteiger partial charge in [0, 0.05) is 29.7 Å². The quantitative estimate of drug-likeness (QED) is 0.332. The summed E-state index contributed by atoms with van der Waals surface area (Å²) in [5, 5.41) is 44.5. The average Bonchev–Trinajstić information content (AvgIpc) is 3.25. The minimum atomic E-state index is -2.61. The van der Waals surface area contributed by atoms with Gasteiger partial charge in [-0.15, -0.1) is 11.3 Å². The maximum atomic E-state index is 13.7. The van der Waals surface area contributed by atoms with E-state index in [9.17, 15) is 34.8 Å². The van der Waals surface area contributed by atoms with Crippen molar-refractivity contribution in [3.05, 3.63) is 81.3 Å². The third kappa shape index (κ3) is 2.79. The fourth-order valence-electron chi connectivity index (χ4n) is 5.93. The molecular formula is C26H20N2O7S. The van der Waals surface area contributed by atoms with Crippen LogP contribution in [-0.2, 0) is 9.59 Å². The lowest BCUT2D eigenvalue weighted by Gasteiger charge is -2.47. The molecule has 182 valence electrons. The van der Waals surface area contributed by atoms with E-state index in [1.165, 1.54) is 17.4 Å². The van der Waals surface area contributed by atoms with Crippen LogP contribution in [0.5, 0.6) is 5.75 Å². The predicted molar refractivity (Wildman–Crippen MR) is 129 cm³/mol. The number of phenolic OH excluding ortho intramolecular Hbond substituents is 1. The lowest BCUT2D eigenvalue weighted by atomic mass is 9.57. The van der Waals surface area contributed by atoms with Crippen LogP contribution >= 0.6 is 11.3 Å². The van der Waals surface area contributed by atoms with E-state index in [2.05, 4.69) is 0 Å². The molecule has 0 saturated heterocycles. The van der Waals surface area contributed by atoms with Crippen LogP contribution in [0.25, 0.3) is 10.2 Å². The molecule has 1 heterocycles. The first kappa shape index (κ1) is 22.4. The number of nitrogens with two attached hydrogens (primary N) is 1. The average molecular weight is 505 g/mol. The molecule has 0 fully saturated rings. The number of aromatic nitrogens is 1. The number of amides is 1. The SMILES string of the molecule is NC(=O)C1=C(O)CC2CC3C(=C(O)[C@]2(O)C1=O)C(=O)c1c(O)cccc1[C@@H]3c1nc2ccccc2s1. The number of rotatable bonds is 2. The Bertz CT molecular complexity index is 1550. The first-order valence-electron chi connectivity index (χ1n) is 11.3. The maximum absolute atomic E-state index is 13.7. The third-order valence-electron chi connectivity index (χ3n) is 7.52. The summed E-state index contributed by atoms with van der Waals surface area (Å²) in [5.41, 5.74) is 2.85. The van der Waals surface area contributed by atoms with Gasteiger partial charge >= 0.3 is 0 Å². The molecule has 2 unspecified atom stereocenters. The number of aliphatic hydroxyl groups is 3. The highest BCUT2D eigenvalue weighted by Crippen LogP contribution is 2.56. The molecule has 0 radical (unpaired) electrons. The van der Waals surface area contributed by atoms with E-state index in [0.717, 1.165) is 10.2 Å². The molecule has 1 aromatic heterocycles. The summed E-state index contributed by atoms with van der Waals surface area (Å²) < 4.78 is 0.910. The smallest absolute Gasteiger partial charge is 0.255 e. The largest absolute Gasteiger partial charge is 0.511 e. The highest BCUT2D eigenvalue weighted by Gasteiger charge is 2.61. The Balaban J connectivity index is 1.62. The van der Waals surface area contributed by atoms with Crippen LogP contribution in [0.1, 0.15) is 39.7 Å². The molecule has 3 aliphatic rings. The molecule has 0 spiro atoms. The van der Waals surface area contributed by atoms with Crippen molar-refractivity contribution in [2.75, 3.05) is 0 Å². The second kappa shape index (κ2) is 7.49. The predicted octanol–water partition coefficient (Wildman–Crippen LogP) is 2.78. The first-order chi connectivity index (χ1) is 17.1. The van der Waals surface area contributed by atoms with Crippen LogP contribution in [0.15, 0.2) is 65.1 Å². The normalized spacial score (nSPS) is 27.6. The van der Waals surface area contributed by atoms with Gasteiger partial charge in [-0.1, -0.05) is 24.3 Å². The number of carbonyl (C=O) groups excluding carboxylic acids is 3. The maximum Gasteiger partial charge on any atom is 0.255 e. The van der Waals surface area contributed by atoms with Gasteiger partial charge in [-0.05, 0) is 30.2 Å². The number of benzene rings is 2. The van der Waals surface area contributed by atoms with Crippen LogP contribution in [0.3, 0.4) is 0 Å². The zero-order valence-electron chi connectivity index (χ0n) is 18.6. The zero-order chi connectivity index (χ0) is 25.5. The summed E-state index contributed by atoms with van der Waals surface area (Å²) in [6.07, 6.45) is -0.263. The van der Waals surface area contributed by atoms with Gasteiger partial charge in [0.25, 0.3) is 5.91 Å².